The minimum Gasteiger partial charge on any atom is -0.492 e. The number of nitrogens with zero attached hydrogens (tertiary/aromatic N) is 2. The van der Waals surface area contributed by atoms with E-state index in [1.807, 2.05) is 47.4 Å². The van der Waals surface area contributed by atoms with Crippen molar-refractivity contribution in [1.82, 2.24) is 4.98 Å². The molecule has 1 N–H and O–H groups in total. The molecular formula is C23H23FN2O3. The van der Waals surface area contributed by atoms with Crippen molar-refractivity contribution in [3.63, 3.8) is 0 Å². The maximum atomic E-state index is 13.3. The molecule has 29 heavy (non-hydrogen) atoms. The lowest BCUT2D eigenvalue weighted by atomic mass is 10.1. The number of carboxylic acid groups (broad SMARTS) is 1. The summed E-state index contributed by atoms with van der Waals surface area (Å²) in [6.07, 6.45) is 3.23. The van der Waals surface area contributed by atoms with Gasteiger partial charge in [-0.3, -0.25) is 4.79 Å². The molecule has 0 saturated carbocycles. The Kier molecular flexibility index (Phi) is 7.16. The first kappa shape index (κ1) is 20.3. The smallest absolute Gasteiger partial charge is 0.303 e. The average molecular weight is 394 g/mol. The van der Waals surface area contributed by atoms with Gasteiger partial charge in [-0.25, -0.2) is 9.37 Å². The van der Waals surface area contributed by atoms with Gasteiger partial charge in [0.05, 0.1) is 6.54 Å². The number of aliphatic carboxylic acids is 1. The number of halogens is 1. The summed E-state index contributed by atoms with van der Waals surface area (Å²) in [7, 11) is 0. The van der Waals surface area contributed by atoms with E-state index in [-0.39, 0.29) is 12.2 Å². The van der Waals surface area contributed by atoms with Crippen LogP contribution in [0.4, 0.5) is 15.9 Å². The number of carbonyl (C=O) groups is 1. The molecule has 1 aromatic heterocycles. The summed E-state index contributed by atoms with van der Waals surface area (Å²) in [5.74, 6) is 0.446. The lowest BCUT2D eigenvalue weighted by Gasteiger charge is -2.24. The summed E-state index contributed by atoms with van der Waals surface area (Å²) in [4.78, 5) is 17.0. The van der Waals surface area contributed by atoms with Gasteiger partial charge in [-0.05, 0) is 66.9 Å². The van der Waals surface area contributed by atoms with E-state index in [9.17, 15) is 9.18 Å². The zero-order valence-corrected chi connectivity index (χ0v) is 16.0. The molecule has 0 spiro atoms. The minimum absolute atomic E-state index is 0.172. The number of hydrogen-bond acceptors (Lipinski definition) is 4. The van der Waals surface area contributed by atoms with Crippen LogP contribution in [0.1, 0.15) is 18.4 Å². The van der Waals surface area contributed by atoms with Crippen LogP contribution >= 0.6 is 0 Å². The molecule has 0 unspecified atom stereocenters. The first-order valence-corrected chi connectivity index (χ1v) is 9.49. The van der Waals surface area contributed by atoms with Gasteiger partial charge < -0.3 is 14.7 Å². The van der Waals surface area contributed by atoms with E-state index in [4.69, 9.17) is 9.84 Å². The third kappa shape index (κ3) is 6.31. The van der Waals surface area contributed by atoms with Crippen molar-refractivity contribution >= 4 is 17.5 Å². The molecule has 3 rings (SSSR count). The molecule has 1 heterocycles. The normalized spacial score (nSPS) is 10.5. The predicted molar refractivity (Wildman–Crippen MR) is 110 cm³/mol. The van der Waals surface area contributed by atoms with Crippen LogP contribution in [0.25, 0.3) is 0 Å². The van der Waals surface area contributed by atoms with E-state index in [0.717, 1.165) is 29.2 Å². The van der Waals surface area contributed by atoms with E-state index in [2.05, 4.69) is 4.98 Å². The van der Waals surface area contributed by atoms with Crippen molar-refractivity contribution < 1.29 is 19.0 Å². The SMILES string of the molecule is O=C(O)CCCc1ccc(OCCN(c2ccc(F)cc2)c2ccccn2)cc1. The molecule has 0 amide bonds. The molecule has 6 heteroatoms. The molecule has 0 aliphatic heterocycles. The van der Waals surface area contributed by atoms with E-state index in [1.54, 1.807) is 18.3 Å². The Balaban J connectivity index is 1.58. The lowest BCUT2D eigenvalue weighted by Crippen LogP contribution is -2.24. The Morgan fingerprint density at radius 2 is 1.79 bits per heavy atom. The topological polar surface area (TPSA) is 62.7 Å². The summed E-state index contributed by atoms with van der Waals surface area (Å²) < 4.78 is 19.2. The van der Waals surface area contributed by atoms with Crippen molar-refractivity contribution in [3.05, 3.63) is 84.3 Å². The summed E-state index contributed by atoms with van der Waals surface area (Å²) in [5, 5.41) is 8.71. The number of benzene rings is 2. The maximum absolute atomic E-state index is 13.3. The zero-order valence-electron chi connectivity index (χ0n) is 16.0. The molecule has 0 aliphatic carbocycles. The fourth-order valence-corrected chi connectivity index (χ4v) is 2.96. The number of hydrogen-bond donors (Lipinski definition) is 1. The largest absolute Gasteiger partial charge is 0.492 e. The van der Waals surface area contributed by atoms with Crippen LogP contribution in [0.2, 0.25) is 0 Å². The second-order valence-corrected chi connectivity index (χ2v) is 6.56. The highest BCUT2D eigenvalue weighted by atomic mass is 19.1. The highest BCUT2D eigenvalue weighted by Gasteiger charge is 2.11. The summed E-state index contributed by atoms with van der Waals surface area (Å²) in [6, 6.07) is 19.6. The molecule has 0 radical (unpaired) electrons. The van der Waals surface area contributed by atoms with Gasteiger partial charge in [-0.1, -0.05) is 18.2 Å². The summed E-state index contributed by atoms with van der Waals surface area (Å²) in [5.41, 5.74) is 1.92. The van der Waals surface area contributed by atoms with Crippen LogP contribution < -0.4 is 9.64 Å². The van der Waals surface area contributed by atoms with Gasteiger partial charge in [-0.2, -0.15) is 0 Å². The molecule has 0 fully saturated rings. The Morgan fingerprint density at radius 3 is 2.45 bits per heavy atom. The predicted octanol–water partition coefficient (Wildman–Crippen LogP) is 4.85. The molecule has 3 aromatic rings. The van der Waals surface area contributed by atoms with Crippen LogP contribution in [0.15, 0.2) is 72.9 Å². The average Bonchev–Trinajstić information content (AvgIpc) is 2.74. The van der Waals surface area contributed by atoms with E-state index >= 15 is 0 Å². The fourth-order valence-electron chi connectivity index (χ4n) is 2.96. The quantitative estimate of drug-likeness (QED) is 0.533. The van der Waals surface area contributed by atoms with E-state index < -0.39 is 5.97 Å². The van der Waals surface area contributed by atoms with Crippen molar-refractivity contribution in [2.45, 2.75) is 19.3 Å². The summed E-state index contributed by atoms with van der Waals surface area (Å²) >= 11 is 0. The number of carboxylic acids is 1. The van der Waals surface area contributed by atoms with Gasteiger partial charge in [0.15, 0.2) is 0 Å². The van der Waals surface area contributed by atoms with Crippen molar-refractivity contribution in [1.29, 1.82) is 0 Å². The van der Waals surface area contributed by atoms with Gasteiger partial charge in [0, 0.05) is 18.3 Å². The van der Waals surface area contributed by atoms with Crippen molar-refractivity contribution in [3.8, 4) is 5.75 Å². The van der Waals surface area contributed by atoms with Crippen molar-refractivity contribution in [2.24, 2.45) is 0 Å². The van der Waals surface area contributed by atoms with Crippen LogP contribution in [-0.4, -0.2) is 29.2 Å². The lowest BCUT2D eigenvalue weighted by molar-refractivity contribution is -0.137. The van der Waals surface area contributed by atoms with Gasteiger partial charge in [0.25, 0.3) is 0 Å². The molecular weight excluding hydrogens is 371 g/mol. The van der Waals surface area contributed by atoms with E-state index in [1.165, 1.54) is 12.1 Å². The Bertz CT molecular complexity index is 900. The van der Waals surface area contributed by atoms with Crippen LogP contribution in [0.5, 0.6) is 5.75 Å². The highest BCUT2D eigenvalue weighted by Crippen LogP contribution is 2.23. The second-order valence-electron chi connectivity index (χ2n) is 6.56. The highest BCUT2D eigenvalue weighted by molar-refractivity contribution is 5.66. The minimum atomic E-state index is -0.774. The number of pyridine rings is 1. The Morgan fingerprint density at radius 1 is 1.03 bits per heavy atom. The molecule has 2 aromatic carbocycles. The summed E-state index contributed by atoms with van der Waals surface area (Å²) in [6.45, 7) is 0.968. The first-order valence-electron chi connectivity index (χ1n) is 9.49. The number of ether oxygens (including phenoxy) is 1. The standard InChI is InChI=1S/C23H23FN2O3/c24-19-9-11-20(12-10-19)26(22-5-1-2-15-25-22)16-17-29-21-13-7-18(8-14-21)4-3-6-23(27)28/h1-2,5,7-15H,3-4,6,16-17H2,(H,27,28). The molecule has 150 valence electrons. The monoisotopic (exact) mass is 394 g/mol. The molecule has 0 atom stereocenters. The molecule has 0 aliphatic rings. The Labute approximate surface area is 169 Å². The van der Waals surface area contributed by atoms with Crippen LogP contribution in [-0.2, 0) is 11.2 Å². The first-order chi connectivity index (χ1) is 14.1. The van der Waals surface area contributed by atoms with Gasteiger partial charge in [0.2, 0.25) is 0 Å². The van der Waals surface area contributed by atoms with Gasteiger partial charge >= 0.3 is 5.97 Å². The third-order valence-electron chi connectivity index (χ3n) is 4.43. The van der Waals surface area contributed by atoms with Gasteiger partial charge in [0.1, 0.15) is 24.0 Å². The third-order valence-corrected chi connectivity index (χ3v) is 4.43. The van der Waals surface area contributed by atoms with Crippen molar-refractivity contribution in [2.75, 3.05) is 18.1 Å². The second kappa shape index (κ2) is 10.2. The molecule has 0 saturated heterocycles. The zero-order chi connectivity index (χ0) is 20.5. The maximum Gasteiger partial charge on any atom is 0.303 e. The number of aryl methyl sites for hydroxylation is 1. The fraction of sp³-hybridized carbons (Fsp3) is 0.217. The van der Waals surface area contributed by atoms with Gasteiger partial charge in [-0.15, -0.1) is 0 Å². The molecule has 0 bridgehead atoms. The molecule has 5 nitrogen and oxygen atoms in total. The van der Waals surface area contributed by atoms with Crippen LogP contribution in [0.3, 0.4) is 0 Å². The van der Waals surface area contributed by atoms with E-state index in [0.29, 0.717) is 19.6 Å². The number of aromatic nitrogens is 1. The number of rotatable bonds is 10. The number of anilines is 2. The Hall–Kier alpha value is -3.41. The van der Waals surface area contributed by atoms with Crippen LogP contribution in [0, 0.1) is 5.82 Å².